The molecule has 3 heterocycles. The number of piperidine rings is 1. The van der Waals surface area contributed by atoms with E-state index in [0.717, 1.165) is 63.6 Å². The number of ether oxygens (including phenoxy) is 1. The first-order chi connectivity index (χ1) is 10.3. The first-order valence-electron chi connectivity index (χ1n) is 8.22. The molecule has 0 amide bonds. The summed E-state index contributed by atoms with van der Waals surface area (Å²) in [4.78, 5) is 4.98. The Kier molecular flexibility index (Phi) is 4.75. The molecule has 2 aliphatic rings. The van der Waals surface area contributed by atoms with Crippen molar-refractivity contribution in [3.05, 3.63) is 5.82 Å². The highest BCUT2D eigenvalue weighted by Crippen LogP contribution is 2.23. The lowest BCUT2D eigenvalue weighted by Crippen LogP contribution is -2.45. The van der Waals surface area contributed by atoms with Crippen LogP contribution in [0.3, 0.4) is 0 Å². The zero-order valence-electron chi connectivity index (χ0n) is 13.3. The summed E-state index contributed by atoms with van der Waals surface area (Å²) in [5.41, 5.74) is 0. The summed E-state index contributed by atoms with van der Waals surface area (Å²) in [5, 5.41) is 8.64. The van der Waals surface area contributed by atoms with Crippen molar-refractivity contribution in [3.63, 3.8) is 0 Å². The highest BCUT2D eigenvalue weighted by molar-refractivity contribution is 5.31. The molecule has 0 aromatic carbocycles. The predicted octanol–water partition coefficient (Wildman–Crippen LogP) is 1.16. The van der Waals surface area contributed by atoms with E-state index in [0.29, 0.717) is 0 Å². The molecule has 1 aromatic rings. The summed E-state index contributed by atoms with van der Waals surface area (Å²) in [6.45, 7) is 12.5. The monoisotopic (exact) mass is 293 g/mol. The summed E-state index contributed by atoms with van der Waals surface area (Å²) < 4.78 is 7.66. The van der Waals surface area contributed by atoms with Gasteiger partial charge in [-0.15, -0.1) is 10.2 Å². The Balaban J connectivity index is 1.62. The number of rotatable bonds is 4. The van der Waals surface area contributed by atoms with Gasteiger partial charge in [-0.05, 0) is 32.6 Å². The molecule has 0 bridgehead atoms. The van der Waals surface area contributed by atoms with Crippen LogP contribution < -0.4 is 4.90 Å². The van der Waals surface area contributed by atoms with E-state index in [1.54, 1.807) is 0 Å². The van der Waals surface area contributed by atoms with E-state index in [2.05, 4.69) is 31.5 Å². The summed E-state index contributed by atoms with van der Waals surface area (Å²) in [7, 11) is 0. The van der Waals surface area contributed by atoms with Crippen LogP contribution in [-0.4, -0.2) is 65.6 Å². The van der Waals surface area contributed by atoms with Crippen molar-refractivity contribution >= 4 is 5.95 Å². The van der Waals surface area contributed by atoms with Crippen molar-refractivity contribution in [2.45, 2.75) is 33.2 Å². The van der Waals surface area contributed by atoms with Gasteiger partial charge in [0.25, 0.3) is 0 Å². The molecule has 0 saturated carbocycles. The van der Waals surface area contributed by atoms with Gasteiger partial charge in [-0.3, -0.25) is 9.47 Å². The Bertz CT molecular complexity index is 455. The largest absolute Gasteiger partial charge is 0.379 e. The van der Waals surface area contributed by atoms with Gasteiger partial charge in [0, 0.05) is 39.3 Å². The second-order valence-corrected chi connectivity index (χ2v) is 6.16. The van der Waals surface area contributed by atoms with Crippen LogP contribution in [0.2, 0.25) is 0 Å². The van der Waals surface area contributed by atoms with Crippen LogP contribution in [0.1, 0.15) is 25.6 Å². The van der Waals surface area contributed by atoms with Gasteiger partial charge < -0.3 is 9.64 Å². The van der Waals surface area contributed by atoms with E-state index in [1.165, 1.54) is 19.4 Å². The van der Waals surface area contributed by atoms with Crippen molar-refractivity contribution < 1.29 is 4.74 Å². The van der Waals surface area contributed by atoms with Gasteiger partial charge in [-0.25, -0.2) is 0 Å². The van der Waals surface area contributed by atoms with E-state index in [9.17, 15) is 0 Å². The topological polar surface area (TPSA) is 46.4 Å². The second-order valence-electron chi connectivity index (χ2n) is 6.16. The Morgan fingerprint density at radius 3 is 2.76 bits per heavy atom. The highest BCUT2D eigenvalue weighted by Gasteiger charge is 2.26. The predicted molar refractivity (Wildman–Crippen MR) is 82.6 cm³/mol. The molecule has 3 rings (SSSR count). The molecule has 6 nitrogen and oxygen atoms in total. The van der Waals surface area contributed by atoms with Gasteiger partial charge in [0.15, 0.2) is 0 Å². The molecular weight excluding hydrogens is 266 g/mol. The van der Waals surface area contributed by atoms with Gasteiger partial charge in [-0.2, -0.15) is 0 Å². The van der Waals surface area contributed by atoms with Gasteiger partial charge in [0.1, 0.15) is 5.82 Å². The van der Waals surface area contributed by atoms with E-state index in [-0.39, 0.29) is 0 Å². The number of hydrogen-bond donors (Lipinski definition) is 0. The third kappa shape index (κ3) is 3.37. The Morgan fingerprint density at radius 1 is 1.19 bits per heavy atom. The smallest absolute Gasteiger partial charge is 0.227 e. The van der Waals surface area contributed by atoms with Gasteiger partial charge in [0.2, 0.25) is 5.95 Å². The second kappa shape index (κ2) is 6.75. The van der Waals surface area contributed by atoms with E-state index < -0.39 is 0 Å². The fourth-order valence-electron chi connectivity index (χ4n) is 3.52. The number of aryl methyl sites for hydroxylation is 1. The molecule has 0 unspecified atom stereocenters. The molecule has 6 heteroatoms. The number of nitrogens with zero attached hydrogens (tertiary/aromatic N) is 5. The van der Waals surface area contributed by atoms with Crippen LogP contribution in [-0.2, 0) is 11.3 Å². The molecule has 118 valence electrons. The lowest BCUT2D eigenvalue weighted by atomic mass is 9.97. The van der Waals surface area contributed by atoms with Crippen molar-refractivity contribution in [2.24, 2.45) is 5.92 Å². The molecular formula is C15H27N5O. The fourth-order valence-corrected chi connectivity index (χ4v) is 3.52. The van der Waals surface area contributed by atoms with Crippen molar-refractivity contribution in [3.8, 4) is 0 Å². The lowest BCUT2D eigenvalue weighted by Gasteiger charge is -2.37. The molecule has 0 N–H and O–H groups in total. The summed E-state index contributed by atoms with van der Waals surface area (Å²) >= 11 is 0. The van der Waals surface area contributed by atoms with Crippen LogP contribution in [0, 0.1) is 12.8 Å². The SMILES string of the molecule is CCn1c(C)nnc1N1CCC[C@H](CN2CCOCC2)C1. The molecule has 2 saturated heterocycles. The molecule has 0 aliphatic carbocycles. The minimum Gasteiger partial charge on any atom is -0.379 e. The first kappa shape index (κ1) is 14.8. The summed E-state index contributed by atoms with van der Waals surface area (Å²) in [6, 6.07) is 0. The van der Waals surface area contributed by atoms with Crippen LogP contribution in [0.25, 0.3) is 0 Å². The molecule has 2 aliphatic heterocycles. The van der Waals surface area contributed by atoms with Crippen molar-refractivity contribution in [2.75, 3.05) is 50.8 Å². The molecule has 0 radical (unpaired) electrons. The fraction of sp³-hybridized carbons (Fsp3) is 0.867. The van der Waals surface area contributed by atoms with Gasteiger partial charge in [0.05, 0.1) is 13.2 Å². The maximum Gasteiger partial charge on any atom is 0.227 e. The Labute approximate surface area is 127 Å². The lowest BCUT2D eigenvalue weighted by molar-refractivity contribution is 0.0296. The quantitative estimate of drug-likeness (QED) is 0.833. The average molecular weight is 293 g/mol. The van der Waals surface area contributed by atoms with Gasteiger partial charge in [-0.1, -0.05) is 0 Å². The third-order valence-electron chi connectivity index (χ3n) is 4.65. The molecule has 2 fully saturated rings. The molecule has 1 aromatic heterocycles. The van der Waals surface area contributed by atoms with Crippen molar-refractivity contribution in [1.82, 2.24) is 19.7 Å². The normalized spacial score (nSPS) is 24.5. The number of anilines is 1. The molecule has 0 spiro atoms. The Hall–Kier alpha value is -1.14. The number of aromatic nitrogens is 3. The van der Waals surface area contributed by atoms with Crippen LogP contribution in [0.15, 0.2) is 0 Å². The third-order valence-corrected chi connectivity index (χ3v) is 4.65. The van der Waals surface area contributed by atoms with Crippen molar-refractivity contribution in [1.29, 1.82) is 0 Å². The van der Waals surface area contributed by atoms with E-state index >= 15 is 0 Å². The summed E-state index contributed by atoms with van der Waals surface area (Å²) in [6.07, 6.45) is 2.58. The minimum absolute atomic E-state index is 0.735. The average Bonchev–Trinajstić information content (AvgIpc) is 2.89. The van der Waals surface area contributed by atoms with Crippen LogP contribution in [0.4, 0.5) is 5.95 Å². The zero-order chi connectivity index (χ0) is 14.7. The molecule has 21 heavy (non-hydrogen) atoms. The standard InChI is InChI=1S/C15H27N5O/c1-3-20-13(2)16-17-15(20)19-6-4-5-14(12-19)11-18-7-9-21-10-8-18/h14H,3-12H2,1-2H3/t14-/m1/s1. The number of hydrogen-bond acceptors (Lipinski definition) is 5. The molecule has 1 atom stereocenters. The summed E-state index contributed by atoms with van der Waals surface area (Å²) in [5.74, 6) is 2.81. The highest BCUT2D eigenvalue weighted by atomic mass is 16.5. The van der Waals surface area contributed by atoms with Crippen LogP contribution >= 0.6 is 0 Å². The minimum atomic E-state index is 0.735. The maximum absolute atomic E-state index is 5.44. The maximum atomic E-state index is 5.44. The van der Waals surface area contributed by atoms with E-state index in [4.69, 9.17) is 4.74 Å². The van der Waals surface area contributed by atoms with Crippen LogP contribution in [0.5, 0.6) is 0 Å². The van der Waals surface area contributed by atoms with E-state index in [1.807, 2.05) is 6.92 Å². The Morgan fingerprint density at radius 2 is 2.00 bits per heavy atom. The zero-order valence-corrected chi connectivity index (χ0v) is 13.3. The number of morpholine rings is 1. The van der Waals surface area contributed by atoms with Gasteiger partial charge >= 0.3 is 0 Å². The first-order valence-corrected chi connectivity index (χ1v) is 8.22.